The Balaban J connectivity index is 2.14. The van der Waals surface area contributed by atoms with E-state index in [2.05, 4.69) is 10.0 Å². The Hall–Kier alpha value is -1.44. The fourth-order valence-electron chi connectivity index (χ4n) is 2.21. The van der Waals surface area contributed by atoms with E-state index < -0.39 is 10.0 Å². The van der Waals surface area contributed by atoms with E-state index in [0.717, 1.165) is 18.6 Å². The van der Waals surface area contributed by atoms with E-state index in [0.29, 0.717) is 24.6 Å². The van der Waals surface area contributed by atoms with Gasteiger partial charge in [-0.3, -0.25) is 4.79 Å². The maximum Gasteiger partial charge on any atom is 0.251 e. The minimum Gasteiger partial charge on any atom is -0.381 e. The van der Waals surface area contributed by atoms with Gasteiger partial charge in [0.1, 0.15) is 0 Å². The summed E-state index contributed by atoms with van der Waals surface area (Å²) in [6, 6.07) is 4.53. The fourth-order valence-corrected chi connectivity index (χ4v) is 2.96. The van der Waals surface area contributed by atoms with Crippen LogP contribution in [0.5, 0.6) is 0 Å². The van der Waals surface area contributed by atoms with Gasteiger partial charge in [0.25, 0.3) is 5.91 Å². The van der Waals surface area contributed by atoms with Crippen molar-refractivity contribution < 1.29 is 17.9 Å². The summed E-state index contributed by atoms with van der Waals surface area (Å²) in [7, 11) is -2.21. The second kappa shape index (κ2) is 6.55. The van der Waals surface area contributed by atoms with E-state index >= 15 is 0 Å². The van der Waals surface area contributed by atoms with E-state index in [1.807, 2.05) is 0 Å². The van der Waals surface area contributed by atoms with Crippen molar-refractivity contribution in [3.63, 3.8) is 0 Å². The normalized spacial score (nSPS) is 18.7. The number of benzene rings is 1. The summed E-state index contributed by atoms with van der Waals surface area (Å²) in [4.78, 5) is 12.3. The molecule has 1 atom stereocenters. The van der Waals surface area contributed by atoms with Crippen LogP contribution in [0, 0.1) is 12.8 Å². The zero-order valence-corrected chi connectivity index (χ0v) is 13.0. The average molecular weight is 312 g/mol. The summed E-state index contributed by atoms with van der Waals surface area (Å²) in [5, 5.41) is 2.84. The van der Waals surface area contributed by atoms with Crippen molar-refractivity contribution in [2.24, 2.45) is 5.92 Å². The number of carbonyl (C=O) groups is 1. The van der Waals surface area contributed by atoms with Crippen LogP contribution in [0.15, 0.2) is 23.1 Å². The standard InChI is InChI=1S/C14H20N2O4S/c1-10-3-4-12(21(18,19)15-2)7-13(10)14(17)16-8-11-5-6-20-9-11/h3-4,7,11,15H,5-6,8-9H2,1-2H3,(H,16,17)/t11-/m1/s1. The topological polar surface area (TPSA) is 84.5 Å². The molecule has 1 saturated heterocycles. The summed E-state index contributed by atoms with van der Waals surface area (Å²) in [5.41, 5.74) is 1.12. The molecule has 0 aliphatic carbocycles. The number of amides is 1. The Morgan fingerprint density at radius 1 is 1.43 bits per heavy atom. The van der Waals surface area contributed by atoms with Gasteiger partial charge in [0.2, 0.25) is 10.0 Å². The Labute approximate surface area is 124 Å². The van der Waals surface area contributed by atoms with Crippen molar-refractivity contribution in [3.05, 3.63) is 29.3 Å². The van der Waals surface area contributed by atoms with Gasteiger partial charge in [-0.05, 0) is 38.1 Å². The Morgan fingerprint density at radius 3 is 2.81 bits per heavy atom. The van der Waals surface area contributed by atoms with Gasteiger partial charge in [-0.15, -0.1) is 0 Å². The zero-order valence-electron chi connectivity index (χ0n) is 12.2. The molecule has 1 aliphatic heterocycles. The van der Waals surface area contributed by atoms with Crippen LogP contribution in [0.25, 0.3) is 0 Å². The lowest BCUT2D eigenvalue weighted by Gasteiger charge is -2.12. The van der Waals surface area contributed by atoms with Crippen LogP contribution < -0.4 is 10.0 Å². The number of carbonyl (C=O) groups excluding carboxylic acids is 1. The largest absolute Gasteiger partial charge is 0.381 e. The first-order valence-corrected chi connectivity index (χ1v) is 8.32. The molecule has 7 heteroatoms. The lowest BCUT2D eigenvalue weighted by Crippen LogP contribution is -2.30. The van der Waals surface area contributed by atoms with Crippen molar-refractivity contribution in [2.75, 3.05) is 26.8 Å². The predicted octanol–water partition coefficient (Wildman–Crippen LogP) is 0.669. The molecule has 0 spiro atoms. The summed E-state index contributed by atoms with van der Waals surface area (Å²) >= 11 is 0. The van der Waals surface area contributed by atoms with Crippen molar-refractivity contribution in [1.29, 1.82) is 0 Å². The summed E-state index contributed by atoms with van der Waals surface area (Å²) < 4.78 is 31.1. The molecule has 116 valence electrons. The lowest BCUT2D eigenvalue weighted by molar-refractivity contribution is 0.0944. The molecule has 0 saturated carbocycles. The Bertz CT molecular complexity index is 622. The molecule has 2 rings (SSSR count). The van der Waals surface area contributed by atoms with Crippen molar-refractivity contribution in [2.45, 2.75) is 18.2 Å². The van der Waals surface area contributed by atoms with Crippen molar-refractivity contribution in [1.82, 2.24) is 10.0 Å². The highest BCUT2D eigenvalue weighted by molar-refractivity contribution is 7.89. The van der Waals surface area contributed by atoms with Crippen LogP contribution in [-0.4, -0.2) is 41.1 Å². The number of sulfonamides is 1. The molecule has 1 amide bonds. The van der Waals surface area contributed by atoms with Crippen molar-refractivity contribution in [3.8, 4) is 0 Å². The number of hydrogen-bond donors (Lipinski definition) is 2. The van der Waals surface area contributed by atoms with Gasteiger partial charge in [-0.1, -0.05) is 6.07 Å². The molecule has 21 heavy (non-hydrogen) atoms. The van der Waals surface area contributed by atoms with E-state index in [-0.39, 0.29) is 10.8 Å². The number of ether oxygens (including phenoxy) is 1. The van der Waals surface area contributed by atoms with Crippen LogP contribution in [0.3, 0.4) is 0 Å². The third kappa shape index (κ3) is 3.81. The molecule has 0 unspecified atom stereocenters. The summed E-state index contributed by atoms with van der Waals surface area (Å²) in [5.74, 6) is 0.0750. The highest BCUT2D eigenvalue weighted by Crippen LogP contribution is 2.16. The molecular formula is C14H20N2O4S. The third-order valence-corrected chi connectivity index (χ3v) is 5.02. The van der Waals surface area contributed by atoms with Gasteiger partial charge < -0.3 is 10.1 Å². The van der Waals surface area contributed by atoms with E-state index in [1.165, 1.54) is 19.2 Å². The third-order valence-electron chi connectivity index (χ3n) is 3.61. The number of hydrogen-bond acceptors (Lipinski definition) is 4. The molecule has 1 aromatic carbocycles. The monoisotopic (exact) mass is 312 g/mol. The predicted molar refractivity (Wildman–Crippen MR) is 78.7 cm³/mol. The Morgan fingerprint density at radius 2 is 2.19 bits per heavy atom. The van der Waals surface area contributed by atoms with Crippen LogP contribution in [0.1, 0.15) is 22.3 Å². The average Bonchev–Trinajstić information content (AvgIpc) is 2.98. The molecule has 6 nitrogen and oxygen atoms in total. The van der Waals surface area contributed by atoms with Crippen molar-refractivity contribution >= 4 is 15.9 Å². The minimum atomic E-state index is -3.55. The first-order valence-electron chi connectivity index (χ1n) is 6.84. The number of nitrogens with one attached hydrogen (secondary N) is 2. The molecule has 1 heterocycles. The number of aryl methyl sites for hydroxylation is 1. The van der Waals surface area contributed by atoms with Gasteiger partial charge in [-0.2, -0.15) is 0 Å². The zero-order chi connectivity index (χ0) is 15.5. The summed E-state index contributed by atoms with van der Waals surface area (Å²) in [6.07, 6.45) is 0.938. The van der Waals surface area contributed by atoms with E-state index in [1.54, 1.807) is 13.0 Å². The van der Waals surface area contributed by atoms with E-state index in [9.17, 15) is 13.2 Å². The molecule has 1 aliphatic rings. The van der Waals surface area contributed by atoms with Gasteiger partial charge >= 0.3 is 0 Å². The smallest absolute Gasteiger partial charge is 0.251 e. The van der Waals surface area contributed by atoms with Gasteiger partial charge in [0, 0.05) is 24.6 Å². The molecule has 0 bridgehead atoms. The summed E-state index contributed by atoms with van der Waals surface area (Å²) in [6.45, 7) is 3.72. The maximum atomic E-state index is 12.2. The molecule has 1 aromatic rings. The van der Waals surface area contributed by atoms with Crippen LogP contribution in [0.2, 0.25) is 0 Å². The highest BCUT2D eigenvalue weighted by atomic mass is 32.2. The van der Waals surface area contributed by atoms with Gasteiger partial charge in [0.15, 0.2) is 0 Å². The van der Waals surface area contributed by atoms with E-state index in [4.69, 9.17) is 4.74 Å². The van der Waals surface area contributed by atoms with Crippen LogP contribution in [-0.2, 0) is 14.8 Å². The first-order chi connectivity index (χ1) is 9.94. The number of rotatable bonds is 5. The first kappa shape index (κ1) is 15.9. The molecule has 1 fully saturated rings. The maximum absolute atomic E-state index is 12.2. The van der Waals surface area contributed by atoms with Gasteiger partial charge in [-0.25, -0.2) is 13.1 Å². The van der Waals surface area contributed by atoms with Crippen LogP contribution in [0.4, 0.5) is 0 Å². The quantitative estimate of drug-likeness (QED) is 0.837. The Kier molecular flexibility index (Phi) is 4.97. The van der Waals surface area contributed by atoms with Crippen LogP contribution >= 0.6 is 0 Å². The molecular weight excluding hydrogens is 292 g/mol. The second-order valence-corrected chi connectivity index (χ2v) is 7.01. The van der Waals surface area contributed by atoms with Gasteiger partial charge in [0.05, 0.1) is 11.5 Å². The minimum absolute atomic E-state index is 0.0879. The molecule has 0 radical (unpaired) electrons. The molecule has 2 N–H and O–H groups in total. The fraction of sp³-hybridized carbons (Fsp3) is 0.500. The lowest BCUT2D eigenvalue weighted by atomic mass is 10.1. The SMILES string of the molecule is CNS(=O)(=O)c1ccc(C)c(C(=O)NC[C@H]2CCOC2)c1. The molecule has 0 aromatic heterocycles. The highest BCUT2D eigenvalue weighted by Gasteiger charge is 2.19. The second-order valence-electron chi connectivity index (χ2n) is 5.12.